The van der Waals surface area contributed by atoms with Crippen LogP contribution in [0.5, 0.6) is 0 Å². The maximum absolute atomic E-state index is 14.2. The molecule has 3 rings (SSSR count). The number of amides is 4. The van der Waals surface area contributed by atoms with Crippen LogP contribution in [0.1, 0.15) is 68.2 Å². The van der Waals surface area contributed by atoms with Crippen LogP contribution in [-0.4, -0.2) is 60.7 Å². The van der Waals surface area contributed by atoms with Crippen LogP contribution in [-0.2, 0) is 18.7 Å². The molecule has 2 aromatic rings. The molecule has 2 N–H and O–H groups in total. The number of carbonyl (C=O) groups is 4. The molecule has 0 saturated heterocycles. The molecule has 212 valence electrons. The molecule has 0 spiro atoms. The van der Waals surface area contributed by atoms with Gasteiger partial charge in [-0.2, -0.15) is 0 Å². The van der Waals surface area contributed by atoms with E-state index in [1.807, 2.05) is 52.0 Å². The molecule has 0 fully saturated rings. The van der Waals surface area contributed by atoms with Crippen LogP contribution in [0.25, 0.3) is 10.8 Å². The van der Waals surface area contributed by atoms with Gasteiger partial charge < -0.3 is 15.2 Å². The average Bonchev–Trinajstić information content (AvgIpc) is 3.09. The summed E-state index contributed by atoms with van der Waals surface area (Å²) in [5.41, 5.74) is 0.528. The van der Waals surface area contributed by atoms with Gasteiger partial charge in [0, 0.05) is 19.1 Å². The van der Waals surface area contributed by atoms with Crippen molar-refractivity contribution in [3.8, 4) is 0 Å². The summed E-state index contributed by atoms with van der Waals surface area (Å²) >= 11 is 0. The number of nitrogens with zero attached hydrogens (tertiary/aromatic N) is 1. The predicted octanol–water partition coefficient (Wildman–Crippen LogP) is 4.65. The van der Waals surface area contributed by atoms with Crippen LogP contribution in [0.15, 0.2) is 36.4 Å². The highest BCUT2D eigenvalue weighted by atomic mass is 31.2. The standard InChI is InChI=1S/C29H40N3O6P/c1-7-38-39(37,16-22(12-18(2)3)26(33)31-25(13-19(4)5)27(34)30-6)17-32-28(35)23-14-20-10-8-9-11-21(20)15-24(23)29(32)36/h8-11,14-15,18-19,22,25H,7,12-13,16-17H2,1-6H3,(H,30,34)(H,31,33)/t22?,25-,39?/m0/s1. The van der Waals surface area contributed by atoms with Gasteiger partial charge in [-0.1, -0.05) is 52.0 Å². The van der Waals surface area contributed by atoms with Crippen molar-refractivity contribution >= 4 is 41.8 Å². The van der Waals surface area contributed by atoms with E-state index in [1.165, 1.54) is 7.05 Å². The first kappa shape index (κ1) is 30.5. The molecule has 1 heterocycles. The Labute approximate surface area is 230 Å². The number of benzene rings is 2. The Bertz CT molecular complexity index is 1240. The van der Waals surface area contributed by atoms with Crippen LogP contribution in [0.2, 0.25) is 0 Å². The van der Waals surface area contributed by atoms with Crippen molar-refractivity contribution in [1.29, 1.82) is 0 Å². The number of imide groups is 1. The number of likely N-dealkylation sites (N-methyl/N-ethyl adjacent to an activating group) is 1. The summed E-state index contributed by atoms with van der Waals surface area (Å²) in [7, 11) is -2.15. The summed E-state index contributed by atoms with van der Waals surface area (Å²) in [6.45, 7) is 9.60. The third kappa shape index (κ3) is 7.34. The van der Waals surface area contributed by atoms with E-state index < -0.39 is 43.3 Å². The fraction of sp³-hybridized carbons (Fsp3) is 0.517. The average molecular weight is 558 g/mol. The molecule has 4 amide bonds. The normalized spacial score (nSPS) is 16.4. The topological polar surface area (TPSA) is 122 Å². The molecule has 1 aliphatic rings. The van der Waals surface area contributed by atoms with Gasteiger partial charge in [-0.05, 0) is 54.5 Å². The monoisotopic (exact) mass is 557 g/mol. The lowest BCUT2D eigenvalue weighted by Gasteiger charge is -2.28. The molecule has 0 saturated carbocycles. The van der Waals surface area contributed by atoms with E-state index in [2.05, 4.69) is 10.6 Å². The molecule has 2 unspecified atom stereocenters. The fourth-order valence-corrected chi connectivity index (χ4v) is 7.49. The Kier molecular flexibility index (Phi) is 10.1. The predicted molar refractivity (Wildman–Crippen MR) is 152 cm³/mol. The van der Waals surface area contributed by atoms with Gasteiger partial charge in [0.2, 0.25) is 19.2 Å². The van der Waals surface area contributed by atoms with Crippen LogP contribution >= 0.6 is 7.37 Å². The summed E-state index contributed by atoms with van der Waals surface area (Å²) in [4.78, 5) is 53.4. The highest BCUT2D eigenvalue weighted by Crippen LogP contribution is 2.51. The van der Waals surface area contributed by atoms with Crippen molar-refractivity contribution in [1.82, 2.24) is 15.5 Å². The number of carbonyl (C=O) groups excluding carboxylic acids is 4. The van der Waals surface area contributed by atoms with Gasteiger partial charge in [-0.15, -0.1) is 0 Å². The molecule has 0 aromatic heterocycles. The highest BCUT2D eigenvalue weighted by molar-refractivity contribution is 7.59. The maximum Gasteiger partial charge on any atom is 0.262 e. The summed E-state index contributed by atoms with van der Waals surface area (Å²) in [6, 6.07) is 10.1. The van der Waals surface area contributed by atoms with Gasteiger partial charge in [0.25, 0.3) is 11.8 Å². The van der Waals surface area contributed by atoms with E-state index in [-0.39, 0.29) is 41.6 Å². The molecule has 9 nitrogen and oxygen atoms in total. The molecule has 3 atom stereocenters. The SMILES string of the molecule is CCOP(=O)(CC(CC(C)C)C(=O)N[C@@H](CC(C)C)C(=O)NC)CN1C(=O)c2cc3ccccc3cc2C1=O. The summed E-state index contributed by atoms with van der Waals surface area (Å²) in [6.07, 6.45) is 0.281. The van der Waals surface area contributed by atoms with Crippen LogP contribution < -0.4 is 10.6 Å². The van der Waals surface area contributed by atoms with Crippen LogP contribution in [0.4, 0.5) is 0 Å². The lowest BCUT2D eigenvalue weighted by Crippen LogP contribution is -2.49. The molecule has 2 aromatic carbocycles. The quantitative estimate of drug-likeness (QED) is 0.273. The van der Waals surface area contributed by atoms with E-state index in [1.54, 1.807) is 19.1 Å². The number of hydrogen-bond donors (Lipinski definition) is 2. The Morgan fingerprint density at radius 1 is 0.923 bits per heavy atom. The highest BCUT2D eigenvalue weighted by Gasteiger charge is 2.42. The second kappa shape index (κ2) is 12.9. The minimum atomic E-state index is -3.67. The number of hydrogen-bond acceptors (Lipinski definition) is 6. The Morgan fingerprint density at radius 3 is 1.92 bits per heavy atom. The van der Waals surface area contributed by atoms with E-state index in [0.29, 0.717) is 12.8 Å². The molecule has 0 bridgehead atoms. The van der Waals surface area contributed by atoms with Crippen molar-refractivity contribution < 1.29 is 28.3 Å². The molecule has 0 aliphatic carbocycles. The smallest absolute Gasteiger partial charge is 0.262 e. The van der Waals surface area contributed by atoms with Gasteiger partial charge in [-0.25, -0.2) is 0 Å². The zero-order chi connectivity index (χ0) is 28.9. The fourth-order valence-electron chi connectivity index (χ4n) is 5.04. The van der Waals surface area contributed by atoms with Crippen LogP contribution in [0, 0.1) is 17.8 Å². The summed E-state index contributed by atoms with van der Waals surface area (Å²) in [5, 5.41) is 7.08. The first-order valence-electron chi connectivity index (χ1n) is 13.5. The van der Waals surface area contributed by atoms with Gasteiger partial charge in [0.15, 0.2) is 0 Å². The number of rotatable bonds is 13. The molecule has 0 radical (unpaired) electrons. The third-order valence-corrected chi connectivity index (χ3v) is 9.21. The molecular weight excluding hydrogens is 517 g/mol. The third-order valence-electron chi connectivity index (χ3n) is 6.77. The van der Waals surface area contributed by atoms with E-state index in [4.69, 9.17) is 4.52 Å². The molecule has 39 heavy (non-hydrogen) atoms. The molecule has 10 heteroatoms. The first-order chi connectivity index (χ1) is 18.4. The molecular formula is C29H40N3O6P. The zero-order valence-electron chi connectivity index (χ0n) is 23.7. The maximum atomic E-state index is 14.2. The van der Waals surface area contributed by atoms with Crippen molar-refractivity contribution in [2.75, 3.05) is 26.1 Å². The second-order valence-electron chi connectivity index (χ2n) is 11.0. The van der Waals surface area contributed by atoms with Crippen LogP contribution in [0.3, 0.4) is 0 Å². The van der Waals surface area contributed by atoms with Crippen molar-refractivity contribution in [3.05, 3.63) is 47.5 Å². The lowest BCUT2D eigenvalue weighted by atomic mass is 9.96. The van der Waals surface area contributed by atoms with Gasteiger partial charge >= 0.3 is 0 Å². The Hall–Kier alpha value is -3.03. The van der Waals surface area contributed by atoms with Gasteiger partial charge in [-0.3, -0.25) is 28.6 Å². The largest absolute Gasteiger partial charge is 0.357 e. The Balaban J connectivity index is 1.86. The van der Waals surface area contributed by atoms with Crippen molar-refractivity contribution in [2.45, 2.75) is 53.5 Å². The Morgan fingerprint density at radius 2 is 1.46 bits per heavy atom. The zero-order valence-corrected chi connectivity index (χ0v) is 24.5. The second-order valence-corrected chi connectivity index (χ2v) is 13.5. The summed E-state index contributed by atoms with van der Waals surface area (Å²) in [5.74, 6) is -2.23. The lowest BCUT2D eigenvalue weighted by molar-refractivity contribution is -0.131. The number of fused-ring (bicyclic) bond motifs is 2. The molecule has 1 aliphatic heterocycles. The van der Waals surface area contributed by atoms with E-state index in [9.17, 15) is 23.7 Å². The van der Waals surface area contributed by atoms with E-state index >= 15 is 0 Å². The number of nitrogens with one attached hydrogen (secondary N) is 2. The summed E-state index contributed by atoms with van der Waals surface area (Å²) < 4.78 is 19.9. The van der Waals surface area contributed by atoms with E-state index in [0.717, 1.165) is 15.7 Å². The van der Waals surface area contributed by atoms with Gasteiger partial charge in [0.1, 0.15) is 12.3 Å². The van der Waals surface area contributed by atoms with Crippen molar-refractivity contribution in [3.63, 3.8) is 0 Å². The minimum absolute atomic E-state index is 0.0890. The minimum Gasteiger partial charge on any atom is -0.357 e. The van der Waals surface area contributed by atoms with Crippen molar-refractivity contribution in [2.24, 2.45) is 17.8 Å². The first-order valence-corrected chi connectivity index (χ1v) is 15.5. The van der Waals surface area contributed by atoms with Gasteiger partial charge in [0.05, 0.1) is 17.7 Å².